The number of nitrogens with zero attached hydrogens (tertiary/aromatic N) is 3. The summed E-state index contributed by atoms with van der Waals surface area (Å²) in [5.74, 6) is -0.607. The molecule has 4 rings (SSSR count). The molecule has 3 aliphatic heterocycles. The zero-order chi connectivity index (χ0) is 22.7. The highest BCUT2D eigenvalue weighted by atomic mass is 19.1. The molecule has 0 spiro atoms. The number of rotatable bonds is 6. The van der Waals surface area contributed by atoms with E-state index in [0.29, 0.717) is 43.9 Å². The first kappa shape index (κ1) is 22.8. The Hall–Kier alpha value is -2.43. The third kappa shape index (κ3) is 5.31. The maximum atomic E-state index is 15.0. The number of amides is 2. The number of piperidine rings is 1. The lowest BCUT2D eigenvalue weighted by molar-refractivity contribution is -0.119. The Bertz CT molecular complexity index is 840. The predicted molar refractivity (Wildman–Crippen MR) is 118 cm³/mol. The molecule has 3 saturated heterocycles. The van der Waals surface area contributed by atoms with E-state index in [2.05, 4.69) is 15.5 Å². The normalized spacial score (nSPS) is 23.8. The molecule has 2 amide bonds. The van der Waals surface area contributed by atoms with Gasteiger partial charge >= 0.3 is 6.09 Å². The van der Waals surface area contributed by atoms with Crippen LogP contribution in [0.2, 0.25) is 0 Å². The number of hydrogen-bond acceptors (Lipinski definition) is 7. The summed E-state index contributed by atoms with van der Waals surface area (Å²) in [7, 11) is 0. The van der Waals surface area contributed by atoms with E-state index in [1.54, 1.807) is 12.1 Å². The molecule has 1 aromatic rings. The Morgan fingerprint density at radius 2 is 2.00 bits per heavy atom. The number of anilines is 2. The van der Waals surface area contributed by atoms with Crippen LogP contribution in [0, 0.1) is 5.82 Å². The highest BCUT2D eigenvalue weighted by molar-refractivity contribution is 5.90. The Kier molecular flexibility index (Phi) is 6.82. The van der Waals surface area contributed by atoms with Crippen molar-refractivity contribution in [2.45, 2.75) is 31.5 Å². The monoisotopic (exact) mass is 449 g/mol. The quantitative estimate of drug-likeness (QED) is 0.583. The maximum absolute atomic E-state index is 15.0. The summed E-state index contributed by atoms with van der Waals surface area (Å²) in [6.07, 6.45) is 0.149. The number of piperazine rings is 1. The minimum atomic E-state index is -0.744. The SMILES string of the molecule is CC(=O)NCC1CN(c2ccc(N3CCC(O)(CN4CCNCC4)CC3)c(F)c2)C(=O)O1. The molecule has 3 heterocycles. The standard InChI is InChI=1S/C22H32FN5O4/c1-16(29)25-13-18-14-28(21(30)32-18)17-2-3-20(19(23)12-17)27-8-4-22(31,5-9-27)15-26-10-6-24-7-11-26/h2-3,12,18,24,31H,4-11,13-15H2,1H3,(H,25,29). The Morgan fingerprint density at radius 1 is 1.28 bits per heavy atom. The van der Waals surface area contributed by atoms with E-state index >= 15 is 0 Å². The van der Waals surface area contributed by atoms with Crippen molar-refractivity contribution < 1.29 is 23.8 Å². The molecule has 3 aliphatic rings. The van der Waals surface area contributed by atoms with E-state index in [1.165, 1.54) is 17.9 Å². The van der Waals surface area contributed by atoms with Gasteiger partial charge in [-0.2, -0.15) is 0 Å². The number of hydrogen-bond donors (Lipinski definition) is 3. The van der Waals surface area contributed by atoms with Crippen molar-refractivity contribution in [2.24, 2.45) is 0 Å². The molecule has 0 saturated carbocycles. The van der Waals surface area contributed by atoms with Crippen molar-refractivity contribution in [3.63, 3.8) is 0 Å². The van der Waals surface area contributed by atoms with Crippen LogP contribution in [-0.2, 0) is 9.53 Å². The van der Waals surface area contributed by atoms with Crippen molar-refractivity contribution in [3.05, 3.63) is 24.0 Å². The number of benzene rings is 1. The van der Waals surface area contributed by atoms with Gasteiger partial charge in [-0.1, -0.05) is 0 Å². The van der Waals surface area contributed by atoms with Gasteiger partial charge in [-0.15, -0.1) is 0 Å². The summed E-state index contributed by atoms with van der Waals surface area (Å²) in [5, 5.41) is 17.0. The lowest BCUT2D eigenvalue weighted by Gasteiger charge is -2.42. The minimum absolute atomic E-state index is 0.198. The molecule has 1 atom stereocenters. The van der Waals surface area contributed by atoms with Gasteiger partial charge in [0.1, 0.15) is 11.9 Å². The summed E-state index contributed by atoms with van der Waals surface area (Å²) >= 11 is 0. The fraction of sp³-hybridized carbons (Fsp3) is 0.636. The van der Waals surface area contributed by atoms with E-state index in [4.69, 9.17) is 4.74 Å². The molecular weight excluding hydrogens is 417 g/mol. The Morgan fingerprint density at radius 3 is 2.66 bits per heavy atom. The lowest BCUT2D eigenvalue weighted by Crippen LogP contribution is -2.54. The van der Waals surface area contributed by atoms with Crippen LogP contribution < -0.4 is 20.4 Å². The molecule has 9 nitrogen and oxygen atoms in total. The van der Waals surface area contributed by atoms with E-state index in [9.17, 15) is 19.1 Å². The molecule has 0 radical (unpaired) electrons. The first-order valence-corrected chi connectivity index (χ1v) is 11.3. The second-order valence-electron chi connectivity index (χ2n) is 8.93. The van der Waals surface area contributed by atoms with Gasteiger partial charge in [-0.25, -0.2) is 9.18 Å². The third-order valence-corrected chi connectivity index (χ3v) is 6.46. The third-order valence-electron chi connectivity index (χ3n) is 6.46. The van der Waals surface area contributed by atoms with Crippen LogP contribution in [0.3, 0.4) is 0 Å². The summed E-state index contributed by atoms with van der Waals surface area (Å²) in [4.78, 5) is 28.9. The van der Waals surface area contributed by atoms with Gasteiger partial charge in [0, 0.05) is 52.7 Å². The van der Waals surface area contributed by atoms with Crippen molar-refractivity contribution in [2.75, 3.05) is 68.7 Å². The maximum Gasteiger partial charge on any atom is 0.414 e. The van der Waals surface area contributed by atoms with Crippen LogP contribution in [0.4, 0.5) is 20.6 Å². The summed E-state index contributed by atoms with van der Waals surface area (Å²) in [5.41, 5.74) is 0.154. The first-order chi connectivity index (χ1) is 15.3. The van der Waals surface area contributed by atoms with Gasteiger partial charge in [0.05, 0.1) is 30.1 Å². The number of ether oxygens (including phenoxy) is 1. The minimum Gasteiger partial charge on any atom is -0.442 e. The number of β-amino-alcohol motifs (C(OH)–C–C–N with tert-alkyl or cyclic N) is 1. The van der Waals surface area contributed by atoms with Crippen molar-refractivity contribution in [3.8, 4) is 0 Å². The Labute approximate surface area is 187 Å². The molecule has 3 fully saturated rings. The van der Waals surface area contributed by atoms with Crippen LogP contribution in [0.15, 0.2) is 18.2 Å². The number of aliphatic hydroxyl groups is 1. The molecule has 0 aliphatic carbocycles. The molecular formula is C22H32FN5O4. The number of nitrogens with one attached hydrogen (secondary N) is 2. The summed E-state index contributed by atoms with van der Waals surface area (Å²) in [6.45, 7) is 7.43. The zero-order valence-corrected chi connectivity index (χ0v) is 18.5. The predicted octanol–water partition coefficient (Wildman–Crippen LogP) is 0.524. The van der Waals surface area contributed by atoms with E-state index in [-0.39, 0.29) is 19.0 Å². The van der Waals surface area contributed by atoms with Gasteiger partial charge in [0.15, 0.2) is 0 Å². The van der Waals surface area contributed by atoms with Gasteiger partial charge in [0.2, 0.25) is 5.91 Å². The largest absolute Gasteiger partial charge is 0.442 e. The van der Waals surface area contributed by atoms with Gasteiger partial charge in [-0.05, 0) is 31.0 Å². The summed E-state index contributed by atoms with van der Waals surface area (Å²) in [6, 6.07) is 4.74. The van der Waals surface area contributed by atoms with E-state index < -0.39 is 23.6 Å². The lowest BCUT2D eigenvalue weighted by atomic mass is 9.90. The number of carbonyl (C=O) groups excluding carboxylic acids is 2. The average molecular weight is 450 g/mol. The van der Waals surface area contributed by atoms with Crippen LogP contribution in [0.25, 0.3) is 0 Å². The second kappa shape index (κ2) is 9.60. The van der Waals surface area contributed by atoms with Crippen molar-refractivity contribution in [1.82, 2.24) is 15.5 Å². The second-order valence-corrected chi connectivity index (χ2v) is 8.93. The molecule has 32 heavy (non-hydrogen) atoms. The number of carbonyl (C=O) groups is 2. The van der Waals surface area contributed by atoms with E-state index in [1.807, 2.05) is 4.90 Å². The molecule has 0 aromatic heterocycles. The zero-order valence-electron chi connectivity index (χ0n) is 18.5. The Balaban J connectivity index is 1.35. The van der Waals surface area contributed by atoms with Crippen LogP contribution in [0.5, 0.6) is 0 Å². The smallest absolute Gasteiger partial charge is 0.414 e. The fourth-order valence-electron chi connectivity index (χ4n) is 4.62. The molecule has 1 aromatic carbocycles. The highest BCUT2D eigenvalue weighted by Crippen LogP contribution is 2.32. The van der Waals surface area contributed by atoms with Crippen molar-refractivity contribution in [1.29, 1.82) is 0 Å². The molecule has 176 valence electrons. The average Bonchev–Trinajstić information content (AvgIpc) is 3.14. The molecule has 3 N–H and O–H groups in total. The van der Waals surface area contributed by atoms with Gasteiger partial charge in [0.25, 0.3) is 0 Å². The number of cyclic esters (lactones) is 1. The fourth-order valence-corrected chi connectivity index (χ4v) is 4.62. The van der Waals surface area contributed by atoms with E-state index in [0.717, 1.165) is 26.2 Å². The highest BCUT2D eigenvalue weighted by Gasteiger charge is 2.36. The first-order valence-electron chi connectivity index (χ1n) is 11.3. The van der Waals surface area contributed by atoms with Crippen LogP contribution >= 0.6 is 0 Å². The van der Waals surface area contributed by atoms with Crippen molar-refractivity contribution >= 4 is 23.4 Å². The van der Waals surface area contributed by atoms with Gasteiger partial charge in [-0.3, -0.25) is 14.6 Å². The van der Waals surface area contributed by atoms with Crippen LogP contribution in [-0.4, -0.2) is 92.6 Å². The summed E-state index contributed by atoms with van der Waals surface area (Å²) < 4.78 is 20.2. The molecule has 1 unspecified atom stereocenters. The topological polar surface area (TPSA) is 97.4 Å². The molecule has 10 heteroatoms. The van der Waals surface area contributed by atoms with Crippen LogP contribution in [0.1, 0.15) is 19.8 Å². The molecule has 0 bridgehead atoms. The number of halogens is 1. The van der Waals surface area contributed by atoms with Gasteiger partial charge < -0.3 is 25.4 Å².